The van der Waals surface area contributed by atoms with Gasteiger partial charge in [0, 0.05) is 18.3 Å². The molecule has 0 aliphatic carbocycles. The first kappa shape index (κ1) is 15.5. The molecule has 0 fully saturated rings. The minimum absolute atomic E-state index is 0.140. The lowest BCUT2D eigenvalue weighted by atomic mass is 9.86. The van der Waals surface area contributed by atoms with Crippen molar-refractivity contribution in [1.29, 1.82) is 0 Å². The monoisotopic (exact) mass is 284 g/mol. The maximum Gasteiger partial charge on any atom is 0.219 e. The lowest BCUT2D eigenvalue weighted by Crippen LogP contribution is -2.11. The van der Waals surface area contributed by atoms with Crippen LogP contribution in [0.2, 0.25) is 0 Å². The summed E-state index contributed by atoms with van der Waals surface area (Å²) in [6.45, 7) is 11.1. The molecule has 3 heteroatoms. The Bertz CT molecular complexity index is 642. The molecule has 1 aromatic heterocycles. The summed E-state index contributed by atoms with van der Waals surface area (Å²) in [4.78, 5) is 4.45. The number of hydrogen-bond acceptors (Lipinski definition) is 3. The summed E-state index contributed by atoms with van der Waals surface area (Å²) in [5.41, 5.74) is 10.2. The zero-order valence-corrected chi connectivity index (χ0v) is 13.5. The Labute approximate surface area is 127 Å². The van der Waals surface area contributed by atoms with Gasteiger partial charge in [-0.3, -0.25) is 0 Å². The molecule has 0 unspecified atom stereocenters. The van der Waals surface area contributed by atoms with Crippen molar-refractivity contribution in [2.75, 3.05) is 0 Å². The van der Waals surface area contributed by atoms with Crippen molar-refractivity contribution < 1.29 is 4.74 Å². The molecule has 2 N–H and O–H groups in total. The van der Waals surface area contributed by atoms with Crippen LogP contribution in [0.5, 0.6) is 11.6 Å². The van der Waals surface area contributed by atoms with E-state index in [-0.39, 0.29) is 5.41 Å². The van der Waals surface area contributed by atoms with Crippen LogP contribution in [0.3, 0.4) is 0 Å². The van der Waals surface area contributed by atoms with Crippen molar-refractivity contribution in [3.63, 3.8) is 0 Å². The fourth-order valence-electron chi connectivity index (χ4n) is 2.18. The molecule has 1 heterocycles. The van der Waals surface area contributed by atoms with E-state index in [1.165, 1.54) is 5.56 Å². The van der Waals surface area contributed by atoms with Gasteiger partial charge in [-0.2, -0.15) is 0 Å². The molecule has 2 rings (SSSR count). The quantitative estimate of drug-likeness (QED) is 0.916. The van der Waals surface area contributed by atoms with Gasteiger partial charge in [-0.25, -0.2) is 4.98 Å². The first-order valence-corrected chi connectivity index (χ1v) is 7.27. The average molecular weight is 284 g/mol. The normalized spacial score (nSPS) is 11.5. The molecule has 0 bridgehead atoms. The van der Waals surface area contributed by atoms with E-state index in [1.54, 1.807) is 0 Å². The third kappa shape index (κ3) is 3.61. The van der Waals surface area contributed by atoms with Crippen LogP contribution in [0.15, 0.2) is 30.3 Å². The SMILES string of the molecule is Cc1cc(C(C)(C)C)ccc1Oc1ccc(CN)c(C)n1. The Kier molecular flexibility index (Phi) is 4.33. The van der Waals surface area contributed by atoms with E-state index in [4.69, 9.17) is 10.5 Å². The molecule has 1 aromatic carbocycles. The molecule has 2 aromatic rings. The van der Waals surface area contributed by atoms with E-state index >= 15 is 0 Å². The van der Waals surface area contributed by atoms with Gasteiger partial charge in [0.25, 0.3) is 0 Å². The number of pyridine rings is 1. The van der Waals surface area contributed by atoms with Gasteiger partial charge in [0.05, 0.1) is 0 Å². The number of aromatic nitrogens is 1. The summed E-state index contributed by atoms with van der Waals surface area (Å²) in [6.07, 6.45) is 0. The maximum atomic E-state index is 5.91. The molecule has 0 spiro atoms. The average Bonchev–Trinajstić information content (AvgIpc) is 2.40. The summed E-state index contributed by atoms with van der Waals surface area (Å²) >= 11 is 0. The van der Waals surface area contributed by atoms with Crippen LogP contribution < -0.4 is 10.5 Å². The molecule has 112 valence electrons. The summed E-state index contributed by atoms with van der Waals surface area (Å²) in [7, 11) is 0. The summed E-state index contributed by atoms with van der Waals surface area (Å²) in [6, 6.07) is 10.1. The van der Waals surface area contributed by atoms with Crippen molar-refractivity contribution in [3.05, 3.63) is 52.7 Å². The molecule has 0 saturated heterocycles. The van der Waals surface area contributed by atoms with Gasteiger partial charge in [-0.1, -0.05) is 39.0 Å². The van der Waals surface area contributed by atoms with Crippen LogP contribution in [0.25, 0.3) is 0 Å². The van der Waals surface area contributed by atoms with Crippen LogP contribution in [0, 0.1) is 13.8 Å². The van der Waals surface area contributed by atoms with Crippen LogP contribution in [-0.2, 0) is 12.0 Å². The Balaban J connectivity index is 2.26. The number of nitrogens with two attached hydrogens (primary N) is 1. The summed E-state index contributed by atoms with van der Waals surface area (Å²) in [5.74, 6) is 1.45. The highest BCUT2D eigenvalue weighted by atomic mass is 16.5. The van der Waals surface area contributed by atoms with E-state index in [1.807, 2.05) is 25.1 Å². The molecule has 3 nitrogen and oxygen atoms in total. The zero-order chi connectivity index (χ0) is 15.6. The zero-order valence-electron chi connectivity index (χ0n) is 13.5. The molecular weight excluding hydrogens is 260 g/mol. The molecule has 0 aliphatic rings. The number of rotatable bonds is 3. The molecule has 21 heavy (non-hydrogen) atoms. The molecule has 0 aliphatic heterocycles. The Morgan fingerprint density at radius 3 is 2.33 bits per heavy atom. The Morgan fingerprint density at radius 1 is 1.10 bits per heavy atom. The van der Waals surface area contributed by atoms with Gasteiger partial charge in [0.2, 0.25) is 5.88 Å². The predicted octanol–water partition coefficient (Wildman–Crippen LogP) is 4.25. The Hall–Kier alpha value is -1.87. The van der Waals surface area contributed by atoms with E-state index in [2.05, 4.69) is 44.8 Å². The molecule has 0 atom stereocenters. The van der Waals surface area contributed by atoms with Crippen molar-refractivity contribution in [1.82, 2.24) is 4.98 Å². The number of benzene rings is 1. The molecule has 0 amide bonds. The van der Waals surface area contributed by atoms with E-state index in [0.717, 1.165) is 22.6 Å². The van der Waals surface area contributed by atoms with Gasteiger partial charge in [-0.15, -0.1) is 0 Å². The predicted molar refractivity (Wildman–Crippen MR) is 86.8 cm³/mol. The lowest BCUT2D eigenvalue weighted by molar-refractivity contribution is 0.456. The molecular formula is C18H24N2O. The minimum atomic E-state index is 0.140. The number of aryl methyl sites for hydroxylation is 2. The van der Waals surface area contributed by atoms with Gasteiger partial charge in [0.15, 0.2) is 0 Å². The minimum Gasteiger partial charge on any atom is -0.439 e. The van der Waals surface area contributed by atoms with Crippen LogP contribution in [0.4, 0.5) is 0 Å². The highest BCUT2D eigenvalue weighted by Crippen LogP contribution is 2.30. The number of ether oxygens (including phenoxy) is 1. The van der Waals surface area contributed by atoms with Crippen molar-refractivity contribution in [2.45, 2.75) is 46.6 Å². The lowest BCUT2D eigenvalue weighted by Gasteiger charge is -2.20. The fraction of sp³-hybridized carbons (Fsp3) is 0.389. The fourth-order valence-corrected chi connectivity index (χ4v) is 2.18. The Morgan fingerprint density at radius 2 is 1.81 bits per heavy atom. The number of nitrogens with zero attached hydrogens (tertiary/aromatic N) is 1. The third-order valence-electron chi connectivity index (χ3n) is 3.65. The van der Waals surface area contributed by atoms with Crippen molar-refractivity contribution in [3.8, 4) is 11.6 Å². The van der Waals surface area contributed by atoms with Crippen molar-refractivity contribution in [2.24, 2.45) is 5.73 Å². The summed E-state index contributed by atoms with van der Waals surface area (Å²) < 4.78 is 5.91. The summed E-state index contributed by atoms with van der Waals surface area (Å²) in [5, 5.41) is 0. The van der Waals surface area contributed by atoms with Gasteiger partial charge >= 0.3 is 0 Å². The van der Waals surface area contributed by atoms with E-state index < -0.39 is 0 Å². The maximum absolute atomic E-state index is 5.91. The molecule has 0 radical (unpaired) electrons. The smallest absolute Gasteiger partial charge is 0.219 e. The van der Waals surface area contributed by atoms with Crippen LogP contribution in [-0.4, -0.2) is 4.98 Å². The largest absolute Gasteiger partial charge is 0.439 e. The topological polar surface area (TPSA) is 48.1 Å². The van der Waals surface area contributed by atoms with Gasteiger partial charge < -0.3 is 10.5 Å². The van der Waals surface area contributed by atoms with Crippen LogP contribution >= 0.6 is 0 Å². The standard InChI is InChI=1S/C18H24N2O/c1-12-10-15(18(3,4)5)7-8-16(12)21-17-9-6-14(11-19)13(2)20-17/h6-10H,11,19H2,1-5H3. The van der Waals surface area contributed by atoms with Gasteiger partial charge in [-0.05, 0) is 42.0 Å². The van der Waals surface area contributed by atoms with Crippen LogP contribution in [0.1, 0.15) is 43.2 Å². The third-order valence-corrected chi connectivity index (χ3v) is 3.65. The van der Waals surface area contributed by atoms with E-state index in [9.17, 15) is 0 Å². The van der Waals surface area contributed by atoms with E-state index in [0.29, 0.717) is 12.4 Å². The highest BCUT2D eigenvalue weighted by molar-refractivity contribution is 5.41. The second kappa shape index (κ2) is 5.86. The second-order valence-electron chi connectivity index (χ2n) is 6.43. The van der Waals surface area contributed by atoms with Crippen molar-refractivity contribution >= 4 is 0 Å². The van der Waals surface area contributed by atoms with Gasteiger partial charge in [0.1, 0.15) is 5.75 Å². The first-order valence-electron chi connectivity index (χ1n) is 7.27. The molecule has 0 saturated carbocycles. The first-order chi connectivity index (χ1) is 9.81. The highest BCUT2D eigenvalue weighted by Gasteiger charge is 2.15. The number of hydrogen-bond donors (Lipinski definition) is 1. The second-order valence-corrected chi connectivity index (χ2v) is 6.43.